The predicted molar refractivity (Wildman–Crippen MR) is 96.4 cm³/mol. The highest BCUT2D eigenvalue weighted by molar-refractivity contribution is 7.87. The summed E-state index contributed by atoms with van der Waals surface area (Å²) in [6.07, 6.45) is 4.96. The number of para-hydroxylation sites is 1. The average molecular weight is 374 g/mol. The molecule has 1 amide bonds. The van der Waals surface area contributed by atoms with Crippen LogP contribution in [0.25, 0.3) is 0 Å². The van der Waals surface area contributed by atoms with Crippen molar-refractivity contribution in [1.29, 1.82) is 5.26 Å². The summed E-state index contributed by atoms with van der Waals surface area (Å²) in [6, 6.07) is 8.45. The van der Waals surface area contributed by atoms with Crippen molar-refractivity contribution in [3.63, 3.8) is 0 Å². The molecule has 1 aromatic carbocycles. The number of hydrogen-bond donors (Lipinski definition) is 2. The molecule has 0 unspecified atom stereocenters. The van der Waals surface area contributed by atoms with Crippen LogP contribution in [0.15, 0.2) is 24.3 Å². The molecule has 1 spiro atoms. The number of benzene rings is 1. The van der Waals surface area contributed by atoms with Crippen molar-refractivity contribution in [3.8, 4) is 6.07 Å². The van der Waals surface area contributed by atoms with Gasteiger partial charge in [0, 0.05) is 18.3 Å². The van der Waals surface area contributed by atoms with Gasteiger partial charge < -0.3 is 5.32 Å². The number of carbonyl (C=O) groups excluding carboxylic acids is 1. The molecule has 2 atom stereocenters. The number of nitrogens with zero attached hydrogens (tertiary/aromatic N) is 2. The molecule has 2 fully saturated rings. The SMILES string of the molecule is N#C[C@@H]1C[C@@]2(CN1S(=O)(=O)NC1CCCCC1)C(=O)Nc1ccccc12. The van der Waals surface area contributed by atoms with Gasteiger partial charge in [-0.1, -0.05) is 37.5 Å². The number of rotatable bonds is 3. The molecule has 2 N–H and O–H groups in total. The molecular formula is C18H22N4O3S. The summed E-state index contributed by atoms with van der Waals surface area (Å²) in [7, 11) is -3.83. The van der Waals surface area contributed by atoms with Crippen LogP contribution in [0.5, 0.6) is 0 Å². The Morgan fingerprint density at radius 1 is 1.23 bits per heavy atom. The zero-order valence-electron chi connectivity index (χ0n) is 14.4. The molecule has 0 bridgehead atoms. The zero-order valence-corrected chi connectivity index (χ0v) is 15.3. The van der Waals surface area contributed by atoms with Crippen LogP contribution in [0.2, 0.25) is 0 Å². The van der Waals surface area contributed by atoms with Gasteiger partial charge in [0.05, 0.1) is 11.5 Å². The molecule has 1 aliphatic carbocycles. The predicted octanol–water partition coefficient (Wildman–Crippen LogP) is 1.64. The van der Waals surface area contributed by atoms with Gasteiger partial charge in [-0.05, 0) is 30.9 Å². The van der Waals surface area contributed by atoms with E-state index in [1.165, 1.54) is 4.31 Å². The van der Waals surface area contributed by atoms with Gasteiger partial charge in [0.2, 0.25) is 5.91 Å². The molecule has 138 valence electrons. The molecule has 0 aromatic heterocycles. The second kappa shape index (κ2) is 6.34. The summed E-state index contributed by atoms with van der Waals surface area (Å²) in [6.45, 7) is -0.00384. The molecule has 1 saturated carbocycles. The maximum atomic E-state index is 13.0. The van der Waals surface area contributed by atoms with Gasteiger partial charge in [-0.25, -0.2) is 0 Å². The smallest absolute Gasteiger partial charge is 0.280 e. The fourth-order valence-corrected chi connectivity index (χ4v) is 6.11. The van der Waals surface area contributed by atoms with Gasteiger partial charge in [0.25, 0.3) is 10.2 Å². The van der Waals surface area contributed by atoms with E-state index in [0.717, 1.165) is 37.7 Å². The van der Waals surface area contributed by atoms with E-state index in [0.29, 0.717) is 5.69 Å². The minimum absolute atomic E-state index is 0.00384. The van der Waals surface area contributed by atoms with Crippen LogP contribution in [-0.4, -0.2) is 37.3 Å². The summed E-state index contributed by atoms with van der Waals surface area (Å²) < 4.78 is 29.9. The quantitative estimate of drug-likeness (QED) is 0.839. The summed E-state index contributed by atoms with van der Waals surface area (Å²) in [5.41, 5.74) is 0.493. The largest absolute Gasteiger partial charge is 0.325 e. The highest BCUT2D eigenvalue weighted by atomic mass is 32.2. The molecule has 26 heavy (non-hydrogen) atoms. The Kier molecular flexibility index (Phi) is 4.26. The average Bonchev–Trinajstić information content (AvgIpc) is 3.16. The maximum Gasteiger partial charge on any atom is 0.280 e. The fraction of sp³-hybridized carbons (Fsp3) is 0.556. The summed E-state index contributed by atoms with van der Waals surface area (Å²) >= 11 is 0. The van der Waals surface area contributed by atoms with Crippen LogP contribution in [0.4, 0.5) is 5.69 Å². The molecule has 0 radical (unpaired) electrons. The normalized spacial score (nSPS) is 29.5. The molecule has 2 heterocycles. The van der Waals surface area contributed by atoms with Crippen LogP contribution in [-0.2, 0) is 20.4 Å². The maximum absolute atomic E-state index is 13.0. The van der Waals surface area contributed by atoms with Gasteiger partial charge in [-0.3, -0.25) is 4.79 Å². The first-order chi connectivity index (χ1) is 12.5. The molecular weight excluding hydrogens is 352 g/mol. The van der Waals surface area contributed by atoms with Crippen LogP contribution < -0.4 is 10.0 Å². The molecule has 2 aliphatic heterocycles. The summed E-state index contributed by atoms with van der Waals surface area (Å²) in [5.74, 6) is -0.227. The van der Waals surface area contributed by atoms with Crippen molar-refractivity contribution < 1.29 is 13.2 Å². The molecule has 1 aromatic rings. The Hall–Kier alpha value is -1.95. The fourth-order valence-electron chi connectivity index (χ4n) is 4.47. The van der Waals surface area contributed by atoms with Crippen LogP contribution >= 0.6 is 0 Å². The number of nitriles is 1. The topological polar surface area (TPSA) is 102 Å². The van der Waals surface area contributed by atoms with Crippen molar-refractivity contribution in [2.24, 2.45) is 0 Å². The first-order valence-corrected chi connectivity index (χ1v) is 10.5. The lowest BCUT2D eigenvalue weighted by molar-refractivity contribution is -0.120. The first kappa shape index (κ1) is 17.5. The van der Waals surface area contributed by atoms with E-state index in [1.807, 2.05) is 18.2 Å². The third kappa shape index (κ3) is 2.71. The minimum Gasteiger partial charge on any atom is -0.325 e. The second-order valence-electron chi connectivity index (χ2n) is 7.43. The van der Waals surface area contributed by atoms with E-state index in [-0.39, 0.29) is 24.9 Å². The van der Waals surface area contributed by atoms with Crippen LogP contribution in [0.1, 0.15) is 44.1 Å². The van der Waals surface area contributed by atoms with E-state index in [9.17, 15) is 18.5 Å². The lowest BCUT2D eigenvalue weighted by Gasteiger charge is -2.27. The van der Waals surface area contributed by atoms with Crippen molar-refractivity contribution in [2.75, 3.05) is 11.9 Å². The third-order valence-electron chi connectivity index (χ3n) is 5.82. The first-order valence-electron chi connectivity index (χ1n) is 9.06. The Labute approximate surface area is 153 Å². The standard InChI is InChI=1S/C18H22N4O3S/c19-11-14-10-18(15-8-4-5-9-16(15)20-17(18)23)12-22(14)26(24,25)21-13-6-2-1-3-7-13/h4-5,8-9,13-14,21H,1-3,6-7,10,12H2,(H,20,23)/t14-,18-/m0/s1. The van der Waals surface area contributed by atoms with Gasteiger partial charge in [-0.15, -0.1) is 0 Å². The number of amides is 1. The van der Waals surface area contributed by atoms with E-state index >= 15 is 0 Å². The van der Waals surface area contributed by atoms with E-state index < -0.39 is 21.7 Å². The molecule has 7 nitrogen and oxygen atoms in total. The summed E-state index contributed by atoms with van der Waals surface area (Å²) in [5, 5.41) is 12.4. The van der Waals surface area contributed by atoms with Gasteiger partial charge >= 0.3 is 0 Å². The number of carbonyl (C=O) groups is 1. The molecule has 8 heteroatoms. The molecule has 4 rings (SSSR count). The van der Waals surface area contributed by atoms with Crippen molar-refractivity contribution in [3.05, 3.63) is 29.8 Å². The zero-order chi connectivity index (χ0) is 18.4. The number of nitrogens with one attached hydrogen (secondary N) is 2. The van der Waals surface area contributed by atoms with Crippen molar-refractivity contribution in [2.45, 2.75) is 56.0 Å². The van der Waals surface area contributed by atoms with Gasteiger partial charge in [0.15, 0.2) is 0 Å². The Balaban J connectivity index is 1.64. The lowest BCUT2D eigenvalue weighted by atomic mass is 9.80. The third-order valence-corrected chi connectivity index (χ3v) is 7.45. The monoisotopic (exact) mass is 374 g/mol. The van der Waals surface area contributed by atoms with Gasteiger partial charge in [0.1, 0.15) is 6.04 Å². The van der Waals surface area contributed by atoms with Crippen LogP contribution in [0, 0.1) is 11.3 Å². The Morgan fingerprint density at radius 3 is 2.69 bits per heavy atom. The number of anilines is 1. The number of hydrogen-bond acceptors (Lipinski definition) is 4. The highest BCUT2D eigenvalue weighted by Gasteiger charge is 2.57. The minimum atomic E-state index is -3.83. The Bertz CT molecular complexity index is 873. The molecule has 1 saturated heterocycles. The lowest BCUT2D eigenvalue weighted by Crippen LogP contribution is -2.48. The Morgan fingerprint density at radius 2 is 1.96 bits per heavy atom. The van der Waals surface area contributed by atoms with Gasteiger partial charge in [-0.2, -0.15) is 22.7 Å². The summed E-state index contributed by atoms with van der Waals surface area (Å²) in [4.78, 5) is 12.7. The molecule has 3 aliphatic rings. The number of fused-ring (bicyclic) bond motifs is 2. The van der Waals surface area contributed by atoms with Crippen LogP contribution in [0.3, 0.4) is 0 Å². The van der Waals surface area contributed by atoms with E-state index in [1.54, 1.807) is 6.07 Å². The highest BCUT2D eigenvalue weighted by Crippen LogP contribution is 2.46. The van der Waals surface area contributed by atoms with Crippen molar-refractivity contribution in [1.82, 2.24) is 9.03 Å². The second-order valence-corrected chi connectivity index (χ2v) is 9.09. The van der Waals surface area contributed by atoms with E-state index in [2.05, 4.69) is 16.1 Å². The van der Waals surface area contributed by atoms with E-state index in [4.69, 9.17) is 0 Å². The van der Waals surface area contributed by atoms with Crippen molar-refractivity contribution >= 4 is 21.8 Å².